The molecule has 2 aromatic carbocycles. The van der Waals surface area contributed by atoms with E-state index in [1.165, 1.54) is 18.2 Å². The minimum atomic E-state index is -4.51. The molecule has 172 valence electrons. The molecule has 1 amide bonds. The molecule has 3 rings (SSSR count). The van der Waals surface area contributed by atoms with Gasteiger partial charge in [-0.15, -0.1) is 12.4 Å². The monoisotopic (exact) mass is 467 g/mol. The molecule has 0 saturated heterocycles. The van der Waals surface area contributed by atoms with E-state index in [-0.39, 0.29) is 36.0 Å². The summed E-state index contributed by atoms with van der Waals surface area (Å²) in [6.45, 7) is 3.11. The Morgan fingerprint density at radius 3 is 2.31 bits per heavy atom. The second-order valence-electron chi connectivity index (χ2n) is 7.76. The number of amides is 1. The number of rotatable bonds is 6. The standard InChI is InChI=1S/C23H24F3N3O2.ClH/c1-14(2)12-29-19(11-27)20(15-6-4-3-5-7-15)18-10-16(8-9-17(18)22(29)31)21(30)28-13-23(24,25)26;/h3-10,14H,11-13,27H2,1-2H3,(H,28,30);1H. The number of nitrogens with two attached hydrogens (primary N) is 1. The largest absolute Gasteiger partial charge is 0.405 e. The third-order valence-corrected chi connectivity index (χ3v) is 4.89. The summed E-state index contributed by atoms with van der Waals surface area (Å²) in [6.07, 6.45) is -4.51. The van der Waals surface area contributed by atoms with Crippen LogP contribution < -0.4 is 16.6 Å². The van der Waals surface area contributed by atoms with Gasteiger partial charge >= 0.3 is 6.18 Å². The summed E-state index contributed by atoms with van der Waals surface area (Å²) in [5.74, 6) is -0.671. The van der Waals surface area contributed by atoms with Gasteiger partial charge < -0.3 is 15.6 Å². The van der Waals surface area contributed by atoms with Crippen LogP contribution in [-0.2, 0) is 13.1 Å². The van der Waals surface area contributed by atoms with Crippen molar-refractivity contribution in [2.24, 2.45) is 11.7 Å². The van der Waals surface area contributed by atoms with Crippen molar-refractivity contribution in [3.05, 3.63) is 70.1 Å². The number of hydrogen-bond acceptors (Lipinski definition) is 3. The highest BCUT2D eigenvalue weighted by atomic mass is 35.5. The van der Waals surface area contributed by atoms with E-state index >= 15 is 0 Å². The van der Waals surface area contributed by atoms with Gasteiger partial charge in [0.1, 0.15) is 6.54 Å². The third kappa shape index (κ3) is 5.49. The van der Waals surface area contributed by atoms with E-state index in [0.29, 0.717) is 28.6 Å². The van der Waals surface area contributed by atoms with E-state index < -0.39 is 18.6 Å². The Kier molecular flexibility index (Phi) is 8.09. The van der Waals surface area contributed by atoms with E-state index in [2.05, 4.69) is 0 Å². The molecule has 0 aliphatic rings. The molecule has 0 radical (unpaired) electrons. The zero-order valence-corrected chi connectivity index (χ0v) is 18.5. The van der Waals surface area contributed by atoms with Gasteiger partial charge in [-0.2, -0.15) is 13.2 Å². The normalized spacial score (nSPS) is 11.5. The summed E-state index contributed by atoms with van der Waals surface area (Å²) in [5.41, 5.74) is 7.97. The van der Waals surface area contributed by atoms with E-state index in [0.717, 1.165) is 5.56 Å². The molecule has 0 fully saturated rings. The molecule has 5 nitrogen and oxygen atoms in total. The number of pyridine rings is 1. The number of carbonyl (C=O) groups is 1. The summed E-state index contributed by atoms with van der Waals surface area (Å²) < 4.78 is 39.1. The second kappa shape index (κ2) is 10.2. The van der Waals surface area contributed by atoms with Gasteiger partial charge in [-0.1, -0.05) is 44.2 Å². The van der Waals surface area contributed by atoms with E-state index in [1.807, 2.05) is 49.5 Å². The summed E-state index contributed by atoms with van der Waals surface area (Å²) in [5, 5.41) is 2.73. The van der Waals surface area contributed by atoms with Crippen molar-refractivity contribution in [3.63, 3.8) is 0 Å². The predicted octanol–water partition coefficient (Wildman–Crippen LogP) is 4.50. The fourth-order valence-electron chi connectivity index (χ4n) is 3.62. The quantitative estimate of drug-likeness (QED) is 0.560. The minimum absolute atomic E-state index is 0. The van der Waals surface area contributed by atoms with Crippen LogP contribution in [0, 0.1) is 5.92 Å². The third-order valence-electron chi connectivity index (χ3n) is 4.89. The molecular formula is C23H25ClF3N3O2. The summed E-state index contributed by atoms with van der Waals surface area (Å²) in [6, 6.07) is 13.6. The minimum Gasteiger partial charge on any atom is -0.343 e. The first kappa shape index (κ1) is 25.4. The Morgan fingerprint density at radius 1 is 1.09 bits per heavy atom. The molecule has 32 heavy (non-hydrogen) atoms. The zero-order chi connectivity index (χ0) is 22.8. The number of hydrogen-bond donors (Lipinski definition) is 2. The molecular weight excluding hydrogens is 443 g/mol. The van der Waals surface area contributed by atoms with Crippen molar-refractivity contribution in [2.75, 3.05) is 6.54 Å². The Morgan fingerprint density at radius 2 is 1.75 bits per heavy atom. The number of carbonyl (C=O) groups excluding carboxylic acids is 1. The van der Waals surface area contributed by atoms with Crippen LogP contribution in [0.15, 0.2) is 53.3 Å². The number of benzene rings is 2. The number of fused-ring (bicyclic) bond motifs is 1. The number of nitrogens with zero attached hydrogens (tertiary/aromatic N) is 1. The first-order chi connectivity index (χ1) is 14.6. The smallest absolute Gasteiger partial charge is 0.343 e. The zero-order valence-electron chi connectivity index (χ0n) is 17.7. The average Bonchev–Trinajstić information content (AvgIpc) is 2.73. The molecule has 0 spiro atoms. The lowest BCUT2D eigenvalue weighted by molar-refractivity contribution is -0.123. The molecule has 1 heterocycles. The number of nitrogens with one attached hydrogen (secondary N) is 1. The summed E-state index contributed by atoms with van der Waals surface area (Å²) in [4.78, 5) is 25.5. The first-order valence-electron chi connectivity index (χ1n) is 9.92. The van der Waals surface area contributed by atoms with Crippen molar-refractivity contribution < 1.29 is 18.0 Å². The van der Waals surface area contributed by atoms with E-state index in [1.54, 1.807) is 4.57 Å². The molecule has 0 atom stereocenters. The summed E-state index contributed by atoms with van der Waals surface area (Å²) in [7, 11) is 0. The predicted molar refractivity (Wildman–Crippen MR) is 122 cm³/mol. The van der Waals surface area contributed by atoms with Crippen molar-refractivity contribution in [1.29, 1.82) is 0 Å². The van der Waals surface area contributed by atoms with Crippen molar-refractivity contribution in [3.8, 4) is 11.1 Å². The fourth-order valence-corrected chi connectivity index (χ4v) is 3.62. The highest BCUT2D eigenvalue weighted by Crippen LogP contribution is 2.31. The highest BCUT2D eigenvalue weighted by molar-refractivity contribution is 6.03. The Labute approximate surface area is 189 Å². The van der Waals surface area contributed by atoms with E-state index in [4.69, 9.17) is 5.73 Å². The fraction of sp³-hybridized carbons (Fsp3) is 0.304. The topological polar surface area (TPSA) is 77.1 Å². The lowest BCUT2D eigenvalue weighted by Crippen LogP contribution is -2.33. The number of alkyl halides is 3. The second-order valence-corrected chi connectivity index (χ2v) is 7.76. The molecule has 0 bridgehead atoms. The number of aromatic nitrogens is 1. The van der Waals surface area contributed by atoms with Crippen LogP contribution in [0.1, 0.15) is 29.9 Å². The lowest BCUT2D eigenvalue weighted by atomic mass is 9.95. The molecule has 1 aromatic heterocycles. The maximum Gasteiger partial charge on any atom is 0.405 e. The van der Waals surface area contributed by atoms with Gasteiger partial charge in [-0.05, 0) is 35.1 Å². The lowest BCUT2D eigenvalue weighted by Gasteiger charge is -2.21. The summed E-state index contributed by atoms with van der Waals surface area (Å²) >= 11 is 0. The number of halogens is 4. The van der Waals surface area contributed by atoms with E-state index in [9.17, 15) is 22.8 Å². The van der Waals surface area contributed by atoms with Crippen LogP contribution in [0.3, 0.4) is 0 Å². The van der Waals surface area contributed by atoms with Gasteiger partial charge in [-0.25, -0.2) is 0 Å². The Balaban J connectivity index is 0.00000363. The molecule has 3 aromatic rings. The Bertz CT molecular complexity index is 1160. The van der Waals surface area contributed by atoms with Crippen LogP contribution in [0.2, 0.25) is 0 Å². The highest BCUT2D eigenvalue weighted by Gasteiger charge is 2.28. The van der Waals surface area contributed by atoms with Crippen molar-refractivity contribution in [1.82, 2.24) is 9.88 Å². The molecule has 9 heteroatoms. The van der Waals surface area contributed by atoms with Gasteiger partial charge in [0.2, 0.25) is 0 Å². The molecule has 0 saturated carbocycles. The van der Waals surface area contributed by atoms with Crippen LogP contribution >= 0.6 is 12.4 Å². The van der Waals surface area contributed by atoms with Gasteiger partial charge in [0.05, 0.1) is 0 Å². The van der Waals surface area contributed by atoms with Gasteiger partial charge in [0, 0.05) is 35.3 Å². The van der Waals surface area contributed by atoms with Crippen molar-refractivity contribution in [2.45, 2.75) is 33.1 Å². The Hall–Kier alpha value is -2.84. The molecule has 3 N–H and O–H groups in total. The molecule has 0 unspecified atom stereocenters. The van der Waals surface area contributed by atoms with Crippen LogP contribution in [0.25, 0.3) is 21.9 Å². The average molecular weight is 468 g/mol. The van der Waals surface area contributed by atoms with Gasteiger partial charge in [0.15, 0.2) is 0 Å². The first-order valence-corrected chi connectivity index (χ1v) is 9.92. The van der Waals surface area contributed by atoms with Gasteiger partial charge in [-0.3, -0.25) is 9.59 Å². The maximum atomic E-state index is 13.2. The molecule has 0 aliphatic carbocycles. The van der Waals surface area contributed by atoms with Crippen molar-refractivity contribution >= 4 is 29.1 Å². The van der Waals surface area contributed by atoms with Crippen LogP contribution in [0.5, 0.6) is 0 Å². The SMILES string of the molecule is CC(C)Cn1c(CN)c(-c2ccccc2)c2cc(C(=O)NCC(F)(F)F)ccc2c1=O.Cl. The van der Waals surface area contributed by atoms with Gasteiger partial charge in [0.25, 0.3) is 11.5 Å². The maximum absolute atomic E-state index is 13.2. The van der Waals surface area contributed by atoms with Crippen LogP contribution in [-0.4, -0.2) is 23.2 Å². The van der Waals surface area contributed by atoms with Crippen LogP contribution in [0.4, 0.5) is 13.2 Å². The molecule has 0 aliphatic heterocycles.